The molecule has 9 heteroatoms. The monoisotopic (exact) mass is 391 g/mol. The van der Waals surface area contributed by atoms with E-state index in [1.165, 1.54) is 16.7 Å². The van der Waals surface area contributed by atoms with E-state index in [0.717, 1.165) is 19.4 Å². The van der Waals surface area contributed by atoms with E-state index in [0.29, 0.717) is 41.8 Å². The lowest BCUT2D eigenvalue weighted by Crippen LogP contribution is -2.40. The van der Waals surface area contributed by atoms with Crippen LogP contribution in [0.25, 0.3) is 5.65 Å². The fraction of sp³-hybridized carbons (Fsp3) is 0.350. The fourth-order valence-corrected chi connectivity index (χ4v) is 4.19. The summed E-state index contributed by atoms with van der Waals surface area (Å²) in [6.45, 7) is 4.06. The summed E-state index contributed by atoms with van der Waals surface area (Å²) in [6.07, 6.45) is 6.76. The van der Waals surface area contributed by atoms with E-state index in [1.807, 2.05) is 13.0 Å². The molecule has 0 bridgehead atoms. The third-order valence-electron chi connectivity index (χ3n) is 5.51. The van der Waals surface area contributed by atoms with Crippen LogP contribution < -0.4 is 20.7 Å². The standard InChI is InChI=1S/C20H21N7O2/c1-2-21-20-23-11-14-17(24-20)25-9-3-5-13(25)12-27(19(14)29)15-6-4-10-26-16(28)7-8-22-18(15)26/h4,6-8,10-11,13H,2-3,5,9,12H2,1H3,(H,21,23,24)/t13-/m0/s1. The van der Waals surface area contributed by atoms with Crippen LogP contribution in [0.3, 0.4) is 0 Å². The van der Waals surface area contributed by atoms with Gasteiger partial charge in [0.25, 0.3) is 11.5 Å². The van der Waals surface area contributed by atoms with Gasteiger partial charge in [-0.25, -0.2) is 9.97 Å². The van der Waals surface area contributed by atoms with Crippen molar-refractivity contribution >= 4 is 29.0 Å². The van der Waals surface area contributed by atoms with Gasteiger partial charge in [0.15, 0.2) is 5.65 Å². The van der Waals surface area contributed by atoms with Crippen molar-refractivity contribution in [1.82, 2.24) is 19.4 Å². The number of rotatable bonds is 3. The Kier molecular flexibility index (Phi) is 4.15. The van der Waals surface area contributed by atoms with Gasteiger partial charge in [-0.3, -0.25) is 14.0 Å². The molecular formula is C20H21N7O2. The molecule has 0 aliphatic carbocycles. The second-order valence-corrected chi connectivity index (χ2v) is 7.24. The molecule has 1 atom stereocenters. The first-order valence-corrected chi connectivity index (χ1v) is 9.83. The predicted molar refractivity (Wildman–Crippen MR) is 110 cm³/mol. The predicted octanol–water partition coefficient (Wildman–Crippen LogP) is 1.55. The van der Waals surface area contributed by atoms with Crippen LogP contribution in [0, 0.1) is 0 Å². The highest BCUT2D eigenvalue weighted by atomic mass is 16.2. The molecule has 0 aromatic carbocycles. The molecule has 0 radical (unpaired) electrons. The molecule has 1 amide bonds. The van der Waals surface area contributed by atoms with Crippen LogP contribution in [-0.4, -0.2) is 50.9 Å². The average Bonchev–Trinajstić information content (AvgIpc) is 3.16. The van der Waals surface area contributed by atoms with Gasteiger partial charge in [0.1, 0.15) is 11.4 Å². The maximum absolute atomic E-state index is 13.5. The van der Waals surface area contributed by atoms with Crippen molar-refractivity contribution in [3.8, 4) is 0 Å². The van der Waals surface area contributed by atoms with Gasteiger partial charge in [-0.1, -0.05) is 0 Å². The lowest BCUT2D eigenvalue weighted by molar-refractivity contribution is 0.0988. The maximum Gasteiger partial charge on any atom is 0.263 e. The number of aromatic nitrogens is 4. The number of carbonyl (C=O) groups is 1. The highest BCUT2D eigenvalue weighted by Crippen LogP contribution is 2.34. The molecule has 1 N–H and O–H groups in total. The molecule has 3 aromatic heterocycles. The number of fused-ring (bicyclic) bond motifs is 4. The molecule has 0 spiro atoms. The van der Waals surface area contributed by atoms with E-state index in [2.05, 4.69) is 25.2 Å². The zero-order chi connectivity index (χ0) is 20.0. The average molecular weight is 391 g/mol. The quantitative estimate of drug-likeness (QED) is 0.724. The largest absolute Gasteiger partial charge is 0.354 e. The van der Waals surface area contributed by atoms with Crippen LogP contribution in [0.4, 0.5) is 17.5 Å². The number of hydrogen-bond donors (Lipinski definition) is 1. The Morgan fingerprint density at radius 2 is 2.14 bits per heavy atom. The zero-order valence-electron chi connectivity index (χ0n) is 16.1. The normalized spacial score (nSPS) is 18.5. The fourth-order valence-electron chi connectivity index (χ4n) is 4.19. The molecule has 148 valence electrons. The number of nitrogens with one attached hydrogen (secondary N) is 1. The van der Waals surface area contributed by atoms with Gasteiger partial charge in [0.05, 0.1) is 5.69 Å². The van der Waals surface area contributed by atoms with Crippen LogP contribution in [0.15, 0.2) is 41.6 Å². The van der Waals surface area contributed by atoms with Crippen LogP contribution >= 0.6 is 0 Å². The first-order chi connectivity index (χ1) is 14.2. The molecule has 0 saturated carbocycles. The minimum Gasteiger partial charge on any atom is -0.354 e. The molecular weight excluding hydrogens is 370 g/mol. The molecule has 1 fully saturated rings. The molecule has 29 heavy (non-hydrogen) atoms. The van der Waals surface area contributed by atoms with Gasteiger partial charge in [0.2, 0.25) is 5.95 Å². The Labute approximate surface area is 167 Å². The maximum atomic E-state index is 13.5. The number of amides is 1. The molecule has 2 aliphatic rings. The first-order valence-electron chi connectivity index (χ1n) is 9.83. The van der Waals surface area contributed by atoms with Gasteiger partial charge in [-0.2, -0.15) is 4.98 Å². The highest BCUT2D eigenvalue weighted by Gasteiger charge is 2.38. The second kappa shape index (κ2) is 6.84. The molecule has 1 saturated heterocycles. The number of nitrogens with zero attached hydrogens (tertiary/aromatic N) is 6. The Balaban J connectivity index is 1.67. The third kappa shape index (κ3) is 2.81. The first kappa shape index (κ1) is 17.6. The molecule has 5 heterocycles. The number of anilines is 3. The molecule has 3 aromatic rings. The summed E-state index contributed by atoms with van der Waals surface area (Å²) in [5.74, 6) is 1.02. The second-order valence-electron chi connectivity index (χ2n) is 7.24. The lowest BCUT2D eigenvalue weighted by atomic mass is 10.2. The summed E-state index contributed by atoms with van der Waals surface area (Å²) in [5, 5.41) is 3.12. The summed E-state index contributed by atoms with van der Waals surface area (Å²) in [4.78, 5) is 43.0. The summed E-state index contributed by atoms with van der Waals surface area (Å²) in [5.41, 5.74) is 1.37. The van der Waals surface area contributed by atoms with E-state index >= 15 is 0 Å². The van der Waals surface area contributed by atoms with E-state index in [1.54, 1.807) is 23.4 Å². The van der Waals surface area contributed by atoms with Crippen LogP contribution in [0.1, 0.15) is 30.1 Å². The topological polar surface area (TPSA) is 95.7 Å². The van der Waals surface area contributed by atoms with Crippen molar-refractivity contribution in [3.05, 3.63) is 52.7 Å². The van der Waals surface area contributed by atoms with E-state index in [-0.39, 0.29) is 17.5 Å². The molecule has 2 aliphatic heterocycles. The molecule has 5 rings (SSSR count). The van der Waals surface area contributed by atoms with Crippen molar-refractivity contribution in [3.63, 3.8) is 0 Å². The number of hydrogen-bond acceptors (Lipinski definition) is 7. The van der Waals surface area contributed by atoms with Crippen molar-refractivity contribution in [2.45, 2.75) is 25.8 Å². The summed E-state index contributed by atoms with van der Waals surface area (Å²) in [6, 6.07) is 5.16. The van der Waals surface area contributed by atoms with Crippen molar-refractivity contribution in [2.75, 3.05) is 34.8 Å². The van der Waals surface area contributed by atoms with Crippen molar-refractivity contribution in [2.24, 2.45) is 0 Å². The summed E-state index contributed by atoms with van der Waals surface area (Å²) in [7, 11) is 0. The van der Waals surface area contributed by atoms with Crippen molar-refractivity contribution in [1.29, 1.82) is 0 Å². The van der Waals surface area contributed by atoms with Gasteiger partial charge < -0.3 is 15.1 Å². The Hall–Kier alpha value is -3.49. The van der Waals surface area contributed by atoms with Crippen LogP contribution in [-0.2, 0) is 0 Å². The molecule has 0 unspecified atom stereocenters. The minimum absolute atomic E-state index is 0.153. The van der Waals surface area contributed by atoms with Crippen LogP contribution in [0.2, 0.25) is 0 Å². The van der Waals surface area contributed by atoms with Gasteiger partial charge in [0, 0.05) is 50.3 Å². The van der Waals surface area contributed by atoms with Gasteiger partial charge in [-0.05, 0) is 31.9 Å². The Morgan fingerprint density at radius 3 is 3.00 bits per heavy atom. The lowest BCUT2D eigenvalue weighted by Gasteiger charge is -2.27. The SMILES string of the molecule is CCNc1ncc2c(n1)N1CCC[C@H]1CN(c1cccn3c(=O)ccnc13)C2=O. The van der Waals surface area contributed by atoms with Crippen molar-refractivity contribution < 1.29 is 4.79 Å². The van der Waals surface area contributed by atoms with E-state index < -0.39 is 0 Å². The van der Waals surface area contributed by atoms with E-state index in [4.69, 9.17) is 0 Å². The smallest absolute Gasteiger partial charge is 0.263 e. The highest BCUT2D eigenvalue weighted by molar-refractivity contribution is 6.11. The Bertz CT molecular complexity index is 1160. The minimum atomic E-state index is -0.180. The van der Waals surface area contributed by atoms with Gasteiger partial charge in [-0.15, -0.1) is 0 Å². The zero-order valence-corrected chi connectivity index (χ0v) is 16.1. The summed E-state index contributed by atoms with van der Waals surface area (Å²) >= 11 is 0. The third-order valence-corrected chi connectivity index (χ3v) is 5.51. The van der Waals surface area contributed by atoms with E-state index in [9.17, 15) is 9.59 Å². The number of pyridine rings is 1. The molecule has 9 nitrogen and oxygen atoms in total. The Morgan fingerprint density at radius 1 is 1.24 bits per heavy atom. The summed E-state index contributed by atoms with van der Waals surface area (Å²) < 4.78 is 1.46. The van der Waals surface area contributed by atoms with Crippen LogP contribution in [0.5, 0.6) is 0 Å². The number of carbonyl (C=O) groups excluding carboxylic acids is 1. The van der Waals surface area contributed by atoms with Gasteiger partial charge >= 0.3 is 0 Å².